The van der Waals surface area contributed by atoms with E-state index in [4.69, 9.17) is 12.2 Å². The number of nitrogens with zero attached hydrogens (tertiary/aromatic N) is 3. The van der Waals surface area contributed by atoms with Crippen LogP contribution >= 0.6 is 12.2 Å². The van der Waals surface area contributed by atoms with E-state index in [-0.39, 0.29) is 10.9 Å². The molecule has 2 rings (SSSR count). The highest BCUT2D eigenvalue weighted by Crippen LogP contribution is 2.19. The van der Waals surface area contributed by atoms with Gasteiger partial charge in [-0.1, -0.05) is 12.1 Å². The van der Waals surface area contributed by atoms with Crippen LogP contribution in [-0.2, 0) is 0 Å². The van der Waals surface area contributed by atoms with Gasteiger partial charge < -0.3 is 5.11 Å². The van der Waals surface area contributed by atoms with Gasteiger partial charge in [-0.05, 0) is 24.4 Å². The summed E-state index contributed by atoms with van der Waals surface area (Å²) in [5, 5.41) is 16.9. The molecule has 64 valence electrons. The van der Waals surface area contributed by atoms with E-state index >= 15 is 0 Å². The van der Waals surface area contributed by atoms with E-state index in [9.17, 15) is 5.11 Å². The quantitative estimate of drug-likeness (QED) is 0.689. The molecule has 0 spiro atoms. The van der Waals surface area contributed by atoms with Crippen molar-refractivity contribution in [3.05, 3.63) is 29.8 Å². The smallest absolute Gasteiger partial charge is 0.242 e. The minimum Gasteiger partial charge on any atom is -0.507 e. The molecule has 0 fully saturated rings. The van der Waals surface area contributed by atoms with Gasteiger partial charge in [0.2, 0.25) is 5.11 Å². The molecular formula is C8H5N3OS. The van der Waals surface area contributed by atoms with Crippen LogP contribution in [0.4, 0.5) is 0 Å². The zero-order chi connectivity index (χ0) is 9.26. The van der Waals surface area contributed by atoms with Crippen LogP contribution in [0.3, 0.4) is 0 Å². The monoisotopic (exact) mass is 191 g/mol. The lowest BCUT2D eigenvalue weighted by molar-refractivity contribution is 0.474. The van der Waals surface area contributed by atoms with E-state index in [0.29, 0.717) is 11.4 Å². The third-order valence-corrected chi connectivity index (χ3v) is 1.75. The minimum atomic E-state index is 0.130. The molecule has 0 aliphatic carbocycles. The van der Waals surface area contributed by atoms with Gasteiger partial charge >= 0.3 is 0 Å². The van der Waals surface area contributed by atoms with Crippen molar-refractivity contribution >= 4 is 23.2 Å². The Bertz CT molecular complexity index is 425. The molecule has 0 radical (unpaired) electrons. The third-order valence-electron chi connectivity index (χ3n) is 1.58. The second kappa shape index (κ2) is 3.02. The topological polar surface area (TPSA) is 57.3 Å². The third kappa shape index (κ3) is 1.46. The van der Waals surface area contributed by atoms with Gasteiger partial charge in [0.1, 0.15) is 5.75 Å². The maximum absolute atomic E-state index is 9.43. The minimum absolute atomic E-state index is 0.130. The summed E-state index contributed by atoms with van der Waals surface area (Å²) in [5.74, 6) is 0.494. The number of hydrogen-bond donors (Lipinski definition) is 1. The average molecular weight is 191 g/mol. The number of hydrogen-bond acceptors (Lipinski definition) is 3. The maximum atomic E-state index is 9.43. The predicted octanol–water partition coefficient (Wildman–Crippen LogP) is 1.89. The Morgan fingerprint density at radius 3 is 2.54 bits per heavy atom. The number of phenolic OH excluding ortho intramolecular Hbond substituents is 1. The van der Waals surface area contributed by atoms with Crippen molar-refractivity contribution in [2.45, 2.75) is 0 Å². The van der Waals surface area contributed by atoms with Gasteiger partial charge in [0, 0.05) is 0 Å². The Morgan fingerprint density at radius 1 is 1.15 bits per heavy atom. The average Bonchev–Trinajstić information content (AvgIpc) is 2.53. The van der Waals surface area contributed by atoms with Crippen LogP contribution in [0.25, 0.3) is 0 Å². The molecule has 4 nitrogen and oxygen atoms in total. The zero-order valence-electron chi connectivity index (χ0n) is 6.51. The van der Waals surface area contributed by atoms with Gasteiger partial charge in [0.05, 0.1) is 5.56 Å². The second-order valence-electron chi connectivity index (χ2n) is 2.44. The number of benzene rings is 1. The molecule has 1 aliphatic heterocycles. The Hall–Kier alpha value is -1.62. The van der Waals surface area contributed by atoms with E-state index in [1.165, 1.54) is 0 Å². The van der Waals surface area contributed by atoms with E-state index < -0.39 is 0 Å². The van der Waals surface area contributed by atoms with E-state index in [1.807, 2.05) is 0 Å². The van der Waals surface area contributed by atoms with E-state index in [1.54, 1.807) is 24.3 Å². The van der Waals surface area contributed by atoms with Crippen molar-refractivity contribution in [2.75, 3.05) is 0 Å². The Morgan fingerprint density at radius 2 is 1.92 bits per heavy atom. The first kappa shape index (κ1) is 8.00. The summed E-state index contributed by atoms with van der Waals surface area (Å²) in [5.41, 5.74) is 0.547. The molecule has 1 N–H and O–H groups in total. The number of aliphatic imine (C=N–C) groups is 1. The second-order valence-corrected chi connectivity index (χ2v) is 2.80. The molecule has 0 aromatic heterocycles. The van der Waals surface area contributed by atoms with E-state index in [2.05, 4.69) is 15.2 Å². The number of aromatic hydroxyl groups is 1. The molecule has 13 heavy (non-hydrogen) atoms. The van der Waals surface area contributed by atoms with E-state index in [0.717, 1.165) is 0 Å². The lowest BCUT2D eigenvalue weighted by Gasteiger charge is -1.98. The van der Waals surface area contributed by atoms with Crippen LogP contribution in [0.15, 0.2) is 39.5 Å². The van der Waals surface area contributed by atoms with Crippen molar-refractivity contribution in [1.29, 1.82) is 0 Å². The molecule has 0 atom stereocenters. The summed E-state index contributed by atoms with van der Waals surface area (Å²) in [6, 6.07) is 6.79. The molecule has 1 aromatic carbocycles. The molecule has 5 heteroatoms. The zero-order valence-corrected chi connectivity index (χ0v) is 7.32. The number of phenols is 1. The van der Waals surface area contributed by atoms with Gasteiger partial charge in [-0.3, -0.25) is 0 Å². The number of thiocarbonyl (C=S) groups is 1. The van der Waals surface area contributed by atoms with Crippen molar-refractivity contribution in [1.82, 2.24) is 0 Å². The summed E-state index contributed by atoms with van der Waals surface area (Å²) >= 11 is 4.71. The van der Waals surface area contributed by atoms with Crippen LogP contribution in [-0.4, -0.2) is 16.1 Å². The standard InChI is InChI=1S/C8H5N3OS/c12-6-4-2-1-3-5(6)7-9-8(13)11-10-7/h1-4,12H. The number of amidine groups is 1. The molecule has 0 unspecified atom stereocenters. The summed E-state index contributed by atoms with van der Waals surface area (Å²) in [4.78, 5) is 3.87. The number of azo groups is 1. The normalized spacial score (nSPS) is 14.8. The van der Waals surface area contributed by atoms with Gasteiger partial charge in [-0.25, -0.2) is 0 Å². The fourth-order valence-corrected chi connectivity index (χ4v) is 1.13. The lowest BCUT2D eigenvalue weighted by atomic mass is 10.2. The molecule has 0 bridgehead atoms. The first-order valence-electron chi connectivity index (χ1n) is 3.60. The van der Waals surface area contributed by atoms with Gasteiger partial charge in [-0.15, -0.1) is 10.2 Å². The SMILES string of the molecule is Oc1ccccc1C1=NC(=S)N=N1. The highest BCUT2D eigenvalue weighted by Gasteiger charge is 2.12. The largest absolute Gasteiger partial charge is 0.507 e. The van der Waals surface area contributed by atoms with Crippen LogP contribution in [0.5, 0.6) is 5.75 Å². The number of rotatable bonds is 1. The molecule has 0 amide bonds. The highest BCUT2D eigenvalue weighted by atomic mass is 32.1. The lowest BCUT2D eigenvalue weighted by Crippen LogP contribution is -1.93. The molecular weight excluding hydrogens is 186 g/mol. The van der Waals surface area contributed by atoms with Crippen molar-refractivity contribution in [2.24, 2.45) is 15.2 Å². The molecule has 0 saturated carbocycles. The first-order valence-corrected chi connectivity index (χ1v) is 4.01. The van der Waals surface area contributed by atoms with Crippen molar-refractivity contribution in [3.8, 4) is 5.75 Å². The maximum Gasteiger partial charge on any atom is 0.242 e. The number of para-hydroxylation sites is 1. The predicted molar refractivity (Wildman–Crippen MR) is 52.1 cm³/mol. The fourth-order valence-electron chi connectivity index (χ4n) is 1.00. The summed E-state index contributed by atoms with van der Waals surface area (Å²) in [6.45, 7) is 0. The van der Waals surface area contributed by atoms with Gasteiger partial charge in [0.25, 0.3) is 0 Å². The Kier molecular flexibility index (Phi) is 1.86. The van der Waals surface area contributed by atoms with Crippen LogP contribution < -0.4 is 0 Å². The molecule has 1 heterocycles. The molecule has 0 saturated heterocycles. The Labute approximate surface area is 79.7 Å². The summed E-state index contributed by atoms with van der Waals surface area (Å²) in [7, 11) is 0. The van der Waals surface area contributed by atoms with Crippen LogP contribution in [0.1, 0.15) is 5.56 Å². The molecule has 1 aromatic rings. The van der Waals surface area contributed by atoms with Crippen LogP contribution in [0.2, 0.25) is 0 Å². The Balaban J connectivity index is 2.48. The fraction of sp³-hybridized carbons (Fsp3) is 0. The van der Waals surface area contributed by atoms with Crippen molar-refractivity contribution in [3.63, 3.8) is 0 Å². The van der Waals surface area contributed by atoms with Gasteiger partial charge in [0.15, 0.2) is 5.84 Å². The van der Waals surface area contributed by atoms with Gasteiger partial charge in [-0.2, -0.15) is 4.99 Å². The van der Waals surface area contributed by atoms with Crippen molar-refractivity contribution < 1.29 is 5.11 Å². The van der Waals surface area contributed by atoms with Crippen LogP contribution in [0, 0.1) is 0 Å². The molecule has 1 aliphatic rings. The first-order chi connectivity index (χ1) is 6.27. The highest BCUT2D eigenvalue weighted by molar-refractivity contribution is 7.80. The summed E-state index contributed by atoms with van der Waals surface area (Å²) in [6.07, 6.45) is 0. The summed E-state index contributed by atoms with van der Waals surface area (Å²) < 4.78 is 0.